The van der Waals surface area contributed by atoms with Crippen LogP contribution in [-0.2, 0) is 0 Å². The standard InChI is InChI=1S/C13H22Cl5N3/c1-5-6-7-21-10(12(14,15)13(16,17)18)20(9-19-21)8-11(2,3)4/h9-10H,5-8H2,1-4H3. The Morgan fingerprint density at radius 1 is 1.10 bits per heavy atom. The van der Waals surface area contributed by atoms with E-state index in [2.05, 4.69) is 32.8 Å². The molecule has 1 heterocycles. The maximum atomic E-state index is 6.42. The zero-order chi connectivity index (χ0) is 16.5. The molecule has 1 aliphatic heterocycles. The molecule has 0 aromatic carbocycles. The highest BCUT2D eigenvalue weighted by atomic mass is 35.6. The summed E-state index contributed by atoms with van der Waals surface area (Å²) < 4.78 is -3.43. The van der Waals surface area contributed by atoms with E-state index in [1.54, 1.807) is 11.3 Å². The van der Waals surface area contributed by atoms with Crippen LogP contribution in [0.5, 0.6) is 0 Å². The van der Waals surface area contributed by atoms with Crippen LogP contribution < -0.4 is 0 Å². The van der Waals surface area contributed by atoms with Crippen LogP contribution >= 0.6 is 58.0 Å². The first-order valence-electron chi connectivity index (χ1n) is 6.91. The van der Waals surface area contributed by atoms with Crippen molar-refractivity contribution < 1.29 is 0 Å². The SMILES string of the molecule is CCCCN1N=CN(CC(C)(C)C)C1C(Cl)(Cl)C(Cl)(Cl)Cl. The van der Waals surface area contributed by atoms with Crippen LogP contribution in [0, 0.1) is 5.41 Å². The molecule has 1 aliphatic rings. The number of hydrogen-bond donors (Lipinski definition) is 0. The highest BCUT2D eigenvalue weighted by Gasteiger charge is 2.57. The van der Waals surface area contributed by atoms with E-state index in [0.717, 1.165) is 12.8 Å². The molecular weight excluding hydrogens is 375 g/mol. The fraction of sp³-hybridized carbons (Fsp3) is 0.923. The molecule has 0 amide bonds. The second kappa shape index (κ2) is 7.09. The van der Waals surface area contributed by atoms with Crippen LogP contribution in [-0.4, -0.2) is 43.6 Å². The van der Waals surface area contributed by atoms with Crippen molar-refractivity contribution in [2.75, 3.05) is 13.1 Å². The highest BCUT2D eigenvalue weighted by molar-refractivity contribution is 6.75. The van der Waals surface area contributed by atoms with Gasteiger partial charge in [0, 0.05) is 13.1 Å². The normalized spacial score (nSPS) is 20.5. The van der Waals surface area contributed by atoms with Gasteiger partial charge in [0.2, 0.25) is 8.13 Å². The molecule has 1 unspecified atom stereocenters. The average molecular weight is 398 g/mol. The molecule has 21 heavy (non-hydrogen) atoms. The molecule has 0 spiro atoms. The van der Waals surface area contributed by atoms with Gasteiger partial charge in [0.05, 0.1) is 0 Å². The van der Waals surface area contributed by atoms with Gasteiger partial charge in [-0.3, -0.25) is 5.01 Å². The Bertz CT molecular complexity index is 373. The quantitative estimate of drug-likeness (QED) is 0.589. The van der Waals surface area contributed by atoms with Gasteiger partial charge < -0.3 is 4.90 Å². The van der Waals surface area contributed by atoms with Crippen molar-refractivity contribution in [3.8, 4) is 0 Å². The Morgan fingerprint density at radius 2 is 1.67 bits per heavy atom. The van der Waals surface area contributed by atoms with E-state index in [-0.39, 0.29) is 5.41 Å². The molecule has 0 radical (unpaired) electrons. The molecular formula is C13H22Cl5N3. The van der Waals surface area contributed by atoms with Gasteiger partial charge in [-0.05, 0) is 11.8 Å². The maximum absolute atomic E-state index is 6.42. The molecule has 0 fully saturated rings. The van der Waals surface area contributed by atoms with Crippen molar-refractivity contribution in [3.63, 3.8) is 0 Å². The fourth-order valence-electron chi connectivity index (χ4n) is 2.15. The Balaban J connectivity index is 3.03. The van der Waals surface area contributed by atoms with Crippen molar-refractivity contribution in [2.24, 2.45) is 10.5 Å². The zero-order valence-corrected chi connectivity index (χ0v) is 16.5. The van der Waals surface area contributed by atoms with Crippen molar-refractivity contribution in [1.82, 2.24) is 9.91 Å². The van der Waals surface area contributed by atoms with Gasteiger partial charge in [-0.15, -0.1) is 0 Å². The number of alkyl halides is 5. The van der Waals surface area contributed by atoms with E-state index >= 15 is 0 Å². The van der Waals surface area contributed by atoms with Crippen molar-refractivity contribution in [3.05, 3.63) is 0 Å². The van der Waals surface area contributed by atoms with Crippen LogP contribution in [0.3, 0.4) is 0 Å². The van der Waals surface area contributed by atoms with Gasteiger partial charge in [-0.1, -0.05) is 92.1 Å². The van der Waals surface area contributed by atoms with E-state index in [4.69, 9.17) is 58.0 Å². The second-order valence-corrected chi connectivity index (χ2v) is 10.1. The van der Waals surface area contributed by atoms with Gasteiger partial charge in [0.15, 0.2) is 6.17 Å². The Morgan fingerprint density at radius 3 is 2.10 bits per heavy atom. The molecule has 8 heteroatoms. The Hall–Kier alpha value is 0.720. The van der Waals surface area contributed by atoms with Crippen LogP contribution in [0.15, 0.2) is 5.10 Å². The maximum Gasteiger partial charge on any atom is 0.227 e. The summed E-state index contributed by atoms with van der Waals surface area (Å²) in [6, 6.07) is 0. The van der Waals surface area contributed by atoms with E-state index in [1.165, 1.54) is 0 Å². The van der Waals surface area contributed by atoms with E-state index < -0.39 is 14.3 Å². The van der Waals surface area contributed by atoms with E-state index in [0.29, 0.717) is 13.1 Å². The largest absolute Gasteiger partial charge is 0.336 e. The average Bonchev–Trinajstić information content (AvgIpc) is 2.65. The lowest BCUT2D eigenvalue weighted by molar-refractivity contribution is 0.0928. The fourth-order valence-corrected chi connectivity index (χ4v) is 2.92. The number of hydrogen-bond acceptors (Lipinski definition) is 3. The van der Waals surface area contributed by atoms with Crippen molar-refractivity contribution in [2.45, 2.75) is 54.8 Å². The lowest BCUT2D eigenvalue weighted by Crippen LogP contribution is -2.58. The summed E-state index contributed by atoms with van der Waals surface area (Å²) in [7, 11) is 0. The summed E-state index contributed by atoms with van der Waals surface area (Å²) in [5.41, 5.74) is 0.0303. The number of nitrogens with zero attached hydrogens (tertiary/aromatic N) is 3. The predicted octanol–water partition coefficient (Wildman–Crippen LogP) is 5.26. The second-order valence-electron chi connectivity index (χ2n) is 6.47. The minimum absolute atomic E-state index is 0.0303. The number of halogens is 5. The zero-order valence-electron chi connectivity index (χ0n) is 12.7. The Kier molecular flexibility index (Phi) is 6.67. The number of rotatable bonds is 5. The molecule has 1 rings (SSSR count). The topological polar surface area (TPSA) is 18.8 Å². The van der Waals surface area contributed by atoms with Gasteiger partial charge >= 0.3 is 0 Å². The van der Waals surface area contributed by atoms with E-state index in [9.17, 15) is 0 Å². The minimum Gasteiger partial charge on any atom is -0.336 e. The molecule has 0 N–H and O–H groups in total. The van der Waals surface area contributed by atoms with Crippen LogP contribution in [0.25, 0.3) is 0 Å². The van der Waals surface area contributed by atoms with Crippen LogP contribution in [0.4, 0.5) is 0 Å². The predicted molar refractivity (Wildman–Crippen MR) is 94.8 cm³/mol. The van der Waals surface area contributed by atoms with Gasteiger partial charge in [0.1, 0.15) is 6.34 Å². The molecule has 0 aliphatic carbocycles. The molecule has 0 aromatic heterocycles. The summed E-state index contributed by atoms with van der Waals surface area (Å²) in [4.78, 5) is 1.94. The highest BCUT2D eigenvalue weighted by Crippen LogP contribution is 2.51. The third kappa shape index (κ3) is 5.10. The first kappa shape index (κ1) is 19.8. The monoisotopic (exact) mass is 395 g/mol. The van der Waals surface area contributed by atoms with Gasteiger partial charge in [-0.2, -0.15) is 5.10 Å². The summed E-state index contributed by atoms with van der Waals surface area (Å²) in [5.74, 6) is 0. The van der Waals surface area contributed by atoms with Crippen molar-refractivity contribution in [1.29, 1.82) is 0 Å². The molecule has 3 nitrogen and oxygen atoms in total. The molecule has 1 atom stereocenters. The first-order valence-corrected chi connectivity index (χ1v) is 8.80. The third-order valence-corrected chi connectivity index (χ3v) is 5.48. The first-order chi connectivity index (χ1) is 9.40. The van der Waals surface area contributed by atoms with Crippen molar-refractivity contribution >= 4 is 64.3 Å². The number of unbranched alkanes of at least 4 members (excludes halogenated alkanes) is 1. The van der Waals surface area contributed by atoms with Gasteiger partial charge in [-0.25, -0.2) is 0 Å². The number of hydrazone groups is 1. The summed E-state index contributed by atoms with van der Waals surface area (Å²) in [6.07, 6.45) is 3.20. The molecule has 0 saturated carbocycles. The van der Waals surface area contributed by atoms with E-state index in [1.807, 2.05) is 4.90 Å². The van der Waals surface area contributed by atoms with Gasteiger partial charge in [0.25, 0.3) is 0 Å². The Labute approximate surface area is 152 Å². The summed E-state index contributed by atoms with van der Waals surface area (Å²) in [6.45, 7) is 9.86. The third-order valence-electron chi connectivity index (χ3n) is 3.04. The van der Waals surface area contributed by atoms with Crippen LogP contribution in [0.2, 0.25) is 0 Å². The van der Waals surface area contributed by atoms with Crippen LogP contribution in [0.1, 0.15) is 40.5 Å². The molecule has 0 saturated heterocycles. The summed E-state index contributed by atoms with van der Waals surface area (Å²) in [5, 5.41) is 6.19. The minimum atomic E-state index is -1.82. The smallest absolute Gasteiger partial charge is 0.227 e. The summed E-state index contributed by atoms with van der Waals surface area (Å²) >= 11 is 30.8. The lowest BCUT2D eigenvalue weighted by Gasteiger charge is -2.43. The molecule has 0 bridgehead atoms. The molecule has 0 aromatic rings. The molecule has 124 valence electrons. The lowest BCUT2D eigenvalue weighted by atomic mass is 9.96.